The lowest BCUT2D eigenvalue weighted by atomic mass is 9.80. The van der Waals surface area contributed by atoms with Gasteiger partial charge < -0.3 is 0 Å². The first kappa shape index (κ1) is 11.5. The zero-order valence-corrected chi connectivity index (χ0v) is 9.09. The summed E-state index contributed by atoms with van der Waals surface area (Å²) in [5.74, 6) is 1.17. The molecular weight excluding hydrogens is 144 g/mol. The van der Waals surface area contributed by atoms with Crippen molar-refractivity contribution in [2.75, 3.05) is 0 Å². The fraction of sp³-hybridized carbons (Fsp3) is 0.667. The third-order valence-corrected chi connectivity index (χ3v) is 2.69. The molecule has 0 rings (SSSR count). The Morgan fingerprint density at radius 3 is 2.00 bits per heavy atom. The Labute approximate surface area is 77.4 Å². The lowest BCUT2D eigenvalue weighted by molar-refractivity contribution is 0.332. The average Bonchev–Trinajstić information content (AvgIpc) is 2.00. The van der Waals surface area contributed by atoms with Crippen LogP contribution in [0.5, 0.6) is 0 Å². The molecule has 0 aliphatic heterocycles. The molecule has 0 aromatic heterocycles. The van der Waals surface area contributed by atoms with E-state index in [-0.39, 0.29) is 0 Å². The Bertz CT molecular complexity index is 161. The van der Waals surface area contributed by atoms with Gasteiger partial charge in [-0.05, 0) is 17.3 Å². The van der Waals surface area contributed by atoms with Crippen LogP contribution >= 0.6 is 0 Å². The molecule has 0 radical (unpaired) electrons. The molecule has 0 amide bonds. The second-order valence-corrected chi connectivity index (χ2v) is 4.43. The van der Waals surface area contributed by atoms with E-state index in [2.05, 4.69) is 53.3 Å². The average molecular weight is 166 g/mol. The van der Waals surface area contributed by atoms with Crippen molar-refractivity contribution in [2.45, 2.75) is 34.6 Å². The molecule has 12 heavy (non-hydrogen) atoms. The van der Waals surface area contributed by atoms with E-state index in [9.17, 15) is 0 Å². The third-order valence-electron chi connectivity index (χ3n) is 2.69. The van der Waals surface area contributed by atoms with Crippen LogP contribution in [0.4, 0.5) is 0 Å². The Morgan fingerprint density at radius 1 is 1.17 bits per heavy atom. The maximum absolute atomic E-state index is 3.75. The highest BCUT2D eigenvalue weighted by atomic mass is 14.2. The number of rotatable bonds is 4. The molecule has 0 heterocycles. The molecule has 0 fully saturated rings. The summed E-state index contributed by atoms with van der Waals surface area (Å²) >= 11 is 0. The first-order valence-electron chi connectivity index (χ1n) is 4.72. The fourth-order valence-corrected chi connectivity index (χ4v) is 0.671. The quantitative estimate of drug-likeness (QED) is 0.553. The number of hydrogen-bond donors (Lipinski definition) is 0. The Kier molecular flexibility index (Phi) is 4.30. The van der Waals surface area contributed by atoms with Crippen LogP contribution in [0.3, 0.4) is 0 Å². The van der Waals surface area contributed by atoms with Crippen LogP contribution in [0.25, 0.3) is 0 Å². The maximum atomic E-state index is 3.75. The molecule has 0 spiro atoms. The normalized spacial score (nSPS) is 15.5. The van der Waals surface area contributed by atoms with Crippen molar-refractivity contribution in [3.8, 4) is 0 Å². The minimum atomic E-state index is 0.303. The van der Waals surface area contributed by atoms with Gasteiger partial charge >= 0.3 is 0 Å². The summed E-state index contributed by atoms with van der Waals surface area (Å²) in [5.41, 5.74) is 0.303. The molecule has 0 heteroatoms. The van der Waals surface area contributed by atoms with Gasteiger partial charge in [-0.1, -0.05) is 52.8 Å². The second kappa shape index (κ2) is 4.49. The topological polar surface area (TPSA) is 0 Å². The summed E-state index contributed by atoms with van der Waals surface area (Å²) in [6, 6.07) is 0. The van der Waals surface area contributed by atoms with Crippen molar-refractivity contribution < 1.29 is 0 Å². The maximum Gasteiger partial charge on any atom is -0.00844 e. The lowest BCUT2D eigenvalue weighted by Crippen LogP contribution is -2.15. The van der Waals surface area contributed by atoms with E-state index < -0.39 is 0 Å². The van der Waals surface area contributed by atoms with Crippen LogP contribution in [0.2, 0.25) is 0 Å². The summed E-state index contributed by atoms with van der Waals surface area (Å²) in [6.45, 7) is 14.9. The molecule has 0 aromatic carbocycles. The molecule has 0 bridgehead atoms. The molecule has 1 atom stereocenters. The highest BCUT2D eigenvalue weighted by Gasteiger charge is 2.17. The van der Waals surface area contributed by atoms with Crippen molar-refractivity contribution in [3.63, 3.8) is 0 Å². The zero-order chi connectivity index (χ0) is 9.78. The van der Waals surface area contributed by atoms with E-state index in [1.165, 1.54) is 0 Å². The van der Waals surface area contributed by atoms with Crippen LogP contribution in [-0.2, 0) is 0 Å². The van der Waals surface area contributed by atoms with E-state index in [1.807, 2.05) is 6.08 Å². The minimum Gasteiger partial charge on any atom is -0.102 e. The smallest absolute Gasteiger partial charge is 0.00844 e. The van der Waals surface area contributed by atoms with Crippen molar-refractivity contribution in [1.82, 2.24) is 0 Å². The fourth-order valence-electron chi connectivity index (χ4n) is 0.671. The van der Waals surface area contributed by atoms with Gasteiger partial charge in [-0.2, -0.15) is 0 Å². The molecule has 0 N–H and O–H groups in total. The highest BCUT2D eigenvalue weighted by Crippen LogP contribution is 2.27. The monoisotopic (exact) mass is 166 g/mol. The van der Waals surface area contributed by atoms with Gasteiger partial charge in [0, 0.05) is 0 Å². The van der Waals surface area contributed by atoms with Gasteiger partial charge in [0.1, 0.15) is 0 Å². The summed E-state index contributed by atoms with van der Waals surface area (Å²) in [7, 11) is 0. The molecule has 0 aromatic rings. The van der Waals surface area contributed by atoms with Crippen molar-refractivity contribution in [3.05, 3.63) is 24.8 Å². The zero-order valence-electron chi connectivity index (χ0n) is 9.09. The Balaban J connectivity index is 4.22. The minimum absolute atomic E-state index is 0.303. The molecule has 0 aliphatic rings. The Hall–Kier alpha value is -0.520. The van der Waals surface area contributed by atoms with E-state index in [1.54, 1.807) is 0 Å². The first-order chi connectivity index (χ1) is 5.40. The van der Waals surface area contributed by atoms with Crippen LogP contribution in [0.1, 0.15) is 34.6 Å². The van der Waals surface area contributed by atoms with Gasteiger partial charge in [-0.15, -0.1) is 6.58 Å². The van der Waals surface area contributed by atoms with Gasteiger partial charge in [0.05, 0.1) is 0 Å². The number of hydrogen-bond acceptors (Lipinski definition) is 0. The molecule has 0 nitrogen and oxygen atoms in total. The largest absolute Gasteiger partial charge is 0.102 e. The Morgan fingerprint density at radius 2 is 1.67 bits per heavy atom. The standard InChI is InChI=1S/C12H22/c1-7-11(4)8-9-12(5,6)10(2)3/h7-11H,1H2,2-6H3/b9-8-. The predicted molar refractivity (Wildman–Crippen MR) is 57.1 cm³/mol. The highest BCUT2D eigenvalue weighted by molar-refractivity contribution is 5.02. The summed E-state index contributed by atoms with van der Waals surface area (Å²) in [6.07, 6.45) is 6.49. The molecular formula is C12H22. The van der Waals surface area contributed by atoms with Crippen molar-refractivity contribution in [2.24, 2.45) is 17.3 Å². The summed E-state index contributed by atoms with van der Waals surface area (Å²) in [4.78, 5) is 0. The van der Waals surface area contributed by atoms with E-state index in [0.717, 1.165) is 0 Å². The van der Waals surface area contributed by atoms with Gasteiger partial charge in [0.25, 0.3) is 0 Å². The number of allylic oxidation sites excluding steroid dienone is 3. The summed E-state index contributed by atoms with van der Waals surface area (Å²) in [5, 5.41) is 0. The molecule has 70 valence electrons. The van der Waals surface area contributed by atoms with Crippen molar-refractivity contribution in [1.29, 1.82) is 0 Å². The predicted octanol–water partition coefficient (Wildman–Crippen LogP) is 4.05. The SMILES string of the molecule is C=CC(C)/C=C\C(C)(C)C(C)C. The summed E-state index contributed by atoms with van der Waals surface area (Å²) < 4.78 is 0. The first-order valence-corrected chi connectivity index (χ1v) is 4.72. The van der Waals surface area contributed by atoms with E-state index >= 15 is 0 Å². The van der Waals surface area contributed by atoms with Gasteiger partial charge in [-0.3, -0.25) is 0 Å². The van der Waals surface area contributed by atoms with Crippen LogP contribution in [0.15, 0.2) is 24.8 Å². The van der Waals surface area contributed by atoms with Gasteiger partial charge in [0.2, 0.25) is 0 Å². The van der Waals surface area contributed by atoms with Crippen molar-refractivity contribution >= 4 is 0 Å². The van der Waals surface area contributed by atoms with E-state index in [0.29, 0.717) is 17.3 Å². The van der Waals surface area contributed by atoms with Gasteiger partial charge in [-0.25, -0.2) is 0 Å². The molecule has 0 aliphatic carbocycles. The van der Waals surface area contributed by atoms with Crippen LogP contribution < -0.4 is 0 Å². The van der Waals surface area contributed by atoms with E-state index in [4.69, 9.17) is 0 Å². The third kappa shape index (κ3) is 3.75. The van der Waals surface area contributed by atoms with Crippen LogP contribution in [-0.4, -0.2) is 0 Å². The molecule has 1 unspecified atom stereocenters. The molecule has 0 saturated carbocycles. The van der Waals surface area contributed by atoms with Crippen LogP contribution in [0, 0.1) is 17.3 Å². The lowest BCUT2D eigenvalue weighted by Gasteiger charge is -2.25. The second-order valence-electron chi connectivity index (χ2n) is 4.43. The molecule has 0 saturated heterocycles. The van der Waals surface area contributed by atoms with Gasteiger partial charge in [0.15, 0.2) is 0 Å².